The number of unbranched alkanes of at least 4 members (excludes halogenated alkanes) is 3. The predicted octanol–water partition coefficient (Wildman–Crippen LogP) is 2.87. The van der Waals surface area contributed by atoms with E-state index in [1.165, 1.54) is 30.4 Å². The van der Waals surface area contributed by atoms with Gasteiger partial charge in [0.15, 0.2) is 0 Å². The van der Waals surface area contributed by atoms with E-state index in [-0.39, 0.29) is 0 Å². The van der Waals surface area contributed by atoms with Crippen LogP contribution in [0.3, 0.4) is 0 Å². The molecule has 3 heteroatoms. The van der Waals surface area contributed by atoms with Crippen molar-refractivity contribution >= 4 is 0 Å². The minimum absolute atomic E-state index is 0.397. The summed E-state index contributed by atoms with van der Waals surface area (Å²) in [6.45, 7) is 4.99. The van der Waals surface area contributed by atoms with Crippen molar-refractivity contribution in [2.24, 2.45) is 0 Å². The van der Waals surface area contributed by atoms with Gasteiger partial charge >= 0.3 is 0 Å². The van der Waals surface area contributed by atoms with Crippen LogP contribution < -0.4 is 5.32 Å². The predicted molar refractivity (Wildman–Crippen MR) is 86.7 cm³/mol. The topological polar surface area (TPSA) is 41.5 Å². The Morgan fingerprint density at radius 1 is 1.29 bits per heavy atom. The van der Waals surface area contributed by atoms with Gasteiger partial charge in [-0.05, 0) is 24.0 Å². The third-order valence-corrected chi connectivity index (χ3v) is 4.18. The second-order valence-electron chi connectivity index (χ2n) is 6.05. The van der Waals surface area contributed by atoms with Crippen LogP contribution in [0.15, 0.2) is 24.3 Å². The van der Waals surface area contributed by atoms with Crippen molar-refractivity contribution in [1.82, 2.24) is 5.32 Å². The van der Waals surface area contributed by atoms with E-state index in [1.807, 2.05) is 0 Å². The maximum Gasteiger partial charge on any atom is 0.0897 e. The summed E-state index contributed by atoms with van der Waals surface area (Å²) < 4.78 is 5.51. The summed E-state index contributed by atoms with van der Waals surface area (Å²) in [7, 11) is 0. The molecule has 1 aromatic rings. The van der Waals surface area contributed by atoms with Crippen LogP contribution in [0.25, 0.3) is 0 Å². The molecule has 0 fully saturated rings. The van der Waals surface area contributed by atoms with E-state index in [4.69, 9.17) is 4.74 Å². The average molecular weight is 291 g/mol. The molecule has 0 aliphatic heterocycles. The van der Waals surface area contributed by atoms with Gasteiger partial charge in [-0.15, -0.1) is 0 Å². The lowest BCUT2D eigenvalue weighted by molar-refractivity contribution is 0.0353. The van der Waals surface area contributed by atoms with Gasteiger partial charge in [0.25, 0.3) is 0 Å². The molecule has 0 amide bonds. The molecule has 0 aromatic heterocycles. The van der Waals surface area contributed by atoms with Crippen molar-refractivity contribution in [3.05, 3.63) is 35.4 Å². The fourth-order valence-electron chi connectivity index (χ4n) is 2.88. The van der Waals surface area contributed by atoms with Gasteiger partial charge in [0, 0.05) is 25.6 Å². The molecule has 0 saturated carbocycles. The standard InChI is InChI=1S/C18H29NO2/c1-2-3-4-7-10-21-14-17(20)13-19-12-16-11-15-8-5-6-9-18(15)16/h5-6,8-9,16-17,19-20H,2-4,7,10-14H2,1H3. The first kappa shape index (κ1) is 16.5. The van der Waals surface area contributed by atoms with Crippen LogP contribution in [-0.2, 0) is 11.2 Å². The molecule has 2 rings (SSSR count). The molecule has 2 N–H and O–H groups in total. The number of fused-ring (bicyclic) bond motifs is 1. The zero-order chi connectivity index (χ0) is 14.9. The van der Waals surface area contributed by atoms with Gasteiger partial charge in [0.2, 0.25) is 0 Å². The molecule has 21 heavy (non-hydrogen) atoms. The number of nitrogens with one attached hydrogen (secondary N) is 1. The third-order valence-electron chi connectivity index (χ3n) is 4.18. The van der Waals surface area contributed by atoms with Crippen LogP contribution in [0.2, 0.25) is 0 Å². The fourth-order valence-corrected chi connectivity index (χ4v) is 2.88. The zero-order valence-corrected chi connectivity index (χ0v) is 13.2. The Bertz CT molecular complexity index is 408. The summed E-state index contributed by atoms with van der Waals surface area (Å²) in [4.78, 5) is 0. The van der Waals surface area contributed by atoms with Gasteiger partial charge in [-0.3, -0.25) is 0 Å². The largest absolute Gasteiger partial charge is 0.389 e. The van der Waals surface area contributed by atoms with Crippen LogP contribution in [0.5, 0.6) is 0 Å². The Morgan fingerprint density at radius 2 is 2.14 bits per heavy atom. The summed E-state index contributed by atoms with van der Waals surface area (Å²) >= 11 is 0. The highest BCUT2D eigenvalue weighted by Crippen LogP contribution is 2.33. The number of ether oxygens (including phenoxy) is 1. The Labute approximate surface area is 128 Å². The number of hydrogen-bond acceptors (Lipinski definition) is 3. The first-order chi connectivity index (χ1) is 10.3. The molecule has 0 spiro atoms. The normalized spacial score (nSPS) is 18.1. The molecule has 0 bridgehead atoms. The van der Waals surface area contributed by atoms with E-state index < -0.39 is 6.10 Å². The molecule has 3 nitrogen and oxygen atoms in total. The van der Waals surface area contributed by atoms with Crippen LogP contribution in [-0.4, -0.2) is 37.5 Å². The lowest BCUT2D eigenvalue weighted by atomic mass is 9.77. The summed E-state index contributed by atoms with van der Waals surface area (Å²) in [6, 6.07) is 8.62. The van der Waals surface area contributed by atoms with Crippen molar-refractivity contribution in [2.75, 3.05) is 26.3 Å². The zero-order valence-electron chi connectivity index (χ0n) is 13.2. The molecule has 2 atom stereocenters. The Morgan fingerprint density at radius 3 is 2.95 bits per heavy atom. The lowest BCUT2D eigenvalue weighted by Crippen LogP contribution is -2.35. The quantitative estimate of drug-likeness (QED) is 0.616. The van der Waals surface area contributed by atoms with Crippen LogP contribution in [0, 0.1) is 0 Å². The Kier molecular flexibility index (Phi) is 7.20. The highest BCUT2D eigenvalue weighted by molar-refractivity contribution is 5.40. The highest BCUT2D eigenvalue weighted by Gasteiger charge is 2.24. The molecule has 0 radical (unpaired) electrons. The maximum absolute atomic E-state index is 9.86. The first-order valence-electron chi connectivity index (χ1n) is 8.35. The second-order valence-corrected chi connectivity index (χ2v) is 6.05. The smallest absolute Gasteiger partial charge is 0.0897 e. The number of rotatable bonds is 11. The van der Waals surface area contributed by atoms with Gasteiger partial charge in [-0.2, -0.15) is 0 Å². The molecule has 1 aliphatic carbocycles. The van der Waals surface area contributed by atoms with Crippen molar-refractivity contribution in [3.63, 3.8) is 0 Å². The Hall–Kier alpha value is -0.900. The monoisotopic (exact) mass is 291 g/mol. The summed E-state index contributed by atoms with van der Waals surface area (Å²) in [5.41, 5.74) is 2.94. The van der Waals surface area contributed by atoms with E-state index >= 15 is 0 Å². The molecule has 1 aliphatic rings. The summed E-state index contributed by atoms with van der Waals surface area (Å²) in [5.74, 6) is 0.614. The van der Waals surface area contributed by atoms with Gasteiger partial charge in [0.1, 0.15) is 0 Å². The van der Waals surface area contributed by atoms with E-state index in [2.05, 4.69) is 36.5 Å². The van der Waals surface area contributed by atoms with E-state index in [9.17, 15) is 5.11 Å². The minimum Gasteiger partial charge on any atom is -0.389 e. The van der Waals surface area contributed by atoms with Crippen molar-refractivity contribution in [1.29, 1.82) is 0 Å². The number of hydrogen-bond donors (Lipinski definition) is 2. The first-order valence-corrected chi connectivity index (χ1v) is 8.35. The third kappa shape index (κ3) is 5.42. The summed E-state index contributed by atoms with van der Waals surface area (Å²) in [6.07, 6.45) is 5.62. The van der Waals surface area contributed by atoms with E-state index in [1.54, 1.807) is 0 Å². The SMILES string of the molecule is CCCCCCOCC(O)CNCC1Cc2ccccc21. The van der Waals surface area contributed by atoms with Crippen LogP contribution in [0.1, 0.15) is 49.7 Å². The van der Waals surface area contributed by atoms with Gasteiger partial charge < -0.3 is 15.2 Å². The number of aliphatic hydroxyl groups excluding tert-OH is 1. The fraction of sp³-hybridized carbons (Fsp3) is 0.667. The molecule has 1 aromatic carbocycles. The lowest BCUT2D eigenvalue weighted by Gasteiger charge is -2.30. The number of benzene rings is 1. The van der Waals surface area contributed by atoms with Crippen LogP contribution in [0.4, 0.5) is 0 Å². The van der Waals surface area contributed by atoms with Gasteiger partial charge in [-0.1, -0.05) is 50.5 Å². The second kappa shape index (κ2) is 9.19. The molecule has 2 unspecified atom stereocenters. The molecular formula is C18H29NO2. The highest BCUT2D eigenvalue weighted by atomic mass is 16.5. The van der Waals surface area contributed by atoms with Crippen molar-refractivity contribution in [3.8, 4) is 0 Å². The van der Waals surface area contributed by atoms with Gasteiger partial charge in [0.05, 0.1) is 12.7 Å². The van der Waals surface area contributed by atoms with Crippen LogP contribution >= 0.6 is 0 Å². The molecular weight excluding hydrogens is 262 g/mol. The van der Waals surface area contributed by atoms with E-state index in [0.717, 1.165) is 26.0 Å². The van der Waals surface area contributed by atoms with Gasteiger partial charge in [-0.25, -0.2) is 0 Å². The molecule has 118 valence electrons. The maximum atomic E-state index is 9.86. The molecule has 0 heterocycles. The van der Waals surface area contributed by atoms with E-state index in [0.29, 0.717) is 19.1 Å². The van der Waals surface area contributed by atoms with Crippen molar-refractivity contribution in [2.45, 2.75) is 51.0 Å². The molecule has 0 saturated heterocycles. The van der Waals surface area contributed by atoms with Crippen molar-refractivity contribution < 1.29 is 9.84 Å². The average Bonchev–Trinajstić information content (AvgIpc) is 2.47. The summed E-state index contributed by atoms with van der Waals surface area (Å²) in [5, 5.41) is 13.2. The minimum atomic E-state index is -0.397. The number of aliphatic hydroxyl groups is 1. The Balaban J connectivity index is 1.48.